The summed E-state index contributed by atoms with van der Waals surface area (Å²) in [6, 6.07) is 0.975. The van der Waals surface area contributed by atoms with E-state index < -0.39 is 12.4 Å². The number of rotatable bonds is 3. The van der Waals surface area contributed by atoms with Crippen molar-refractivity contribution in [3.05, 3.63) is 23.0 Å². The number of ether oxygens (including phenoxy) is 2. The average molecular weight is 231 g/mol. The van der Waals surface area contributed by atoms with Crippen molar-refractivity contribution >= 4 is 5.97 Å². The summed E-state index contributed by atoms with van der Waals surface area (Å²) in [5, 5.41) is 0. The predicted molar refractivity (Wildman–Crippen MR) is 51.8 cm³/mol. The SMILES string of the molecule is COC(=O)c1cc(C(F)F)c(OC)c(C)n1. The Labute approximate surface area is 91.2 Å². The smallest absolute Gasteiger partial charge is 0.356 e. The number of nitrogens with zero attached hydrogens (tertiary/aromatic N) is 1. The lowest BCUT2D eigenvalue weighted by Crippen LogP contribution is -2.08. The molecule has 1 heterocycles. The van der Waals surface area contributed by atoms with Crippen LogP contribution in [0.2, 0.25) is 0 Å². The van der Waals surface area contributed by atoms with Crippen LogP contribution in [-0.2, 0) is 4.74 Å². The van der Waals surface area contributed by atoms with Crippen molar-refractivity contribution in [3.63, 3.8) is 0 Å². The molecule has 0 aromatic carbocycles. The van der Waals surface area contributed by atoms with Gasteiger partial charge in [0.2, 0.25) is 0 Å². The van der Waals surface area contributed by atoms with Crippen LogP contribution in [0.4, 0.5) is 8.78 Å². The van der Waals surface area contributed by atoms with Crippen LogP contribution in [0.1, 0.15) is 28.2 Å². The number of pyridine rings is 1. The van der Waals surface area contributed by atoms with E-state index >= 15 is 0 Å². The molecule has 0 atom stereocenters. The molecule has 1 rings (SSSR count). The number of methoxy groups -OCH3 is 2. The van der Waals surface area contributed by atoms with Gasteiger partial charge in [-0.15, -0.1) is 0 Å². The third-order valence-corrected chi connectivity index (χ3v) is 2.00. The van der Waals surface area contributed by atoms with Crippen molar-refractivity contribution in [2.75, 3.05) is 14.2 Å². The van der Waals surface area contributed by atoms with Gasteiger partial charge in [0.05, 0.1) is 25.5 Å². The standard InChI is InChI=1S/C10H11F2NO3/c1-5-8(15-2)6(9(11)12)4-7(13-5)10(14)16-3/h4,9H,1-3H3. The van der Waals surface area contributed by atoms with E-state index in [-0.39, 0.29) is 22.7 Å². The summed E-state index contributed by atoms with van der Waals surface area (Å²) in [5.74, 6) is -0.768. The van der Waals surface area contributed by atoms with Crippen molar-refractivity contribution in [1.82, 2.24) is 4.98 Å². The molecule has 0 unspecified atom stereocenters. The summed E-state index contributed by atoms with van der Waals surface area (Å²) < 4.78 is 34.6. The molecule has 0 radical (unpaired) electrons. The number of aromatic nitrogens is 1. The van der Waals surface area contributed by atoms with Crippen LogP contribution in [0.25, 0.3) is 0 Å². The van der Waals surface area contributed by atoms with Crippen LogP contribution in [0.3, 0.4) is 0 Å². The van der Waals surface area contributed by atoms with E-state index in [2.05, 4.69) is 9.72 Å². The highest BCUT2D eigenvalue weighted by Crippen LogP contribution is 2.31. The molecule has 1 aromatic heterocycles. The molecule has 88 valence electrons. The molecule has 0 bridgehead atoms. The zero-order chi connectivity index (χ0) is 12.3. The highest BCUT2D eigenvalue weighted by molar-refractivity contribution is 5.87. The van der Waals surface area contributed by atoms with Crippen LogP contribution in [0, 0.1) is 6.92 Å². The Morgan fingerprint density at radius 1 is 1.44 bits per heavy atom. The maximum Gasteiger partial charge on any atom is 0.356 e. The summed E-state index contributed by atoms with van der Waals surface area (Å²) in [4.78, 5) is 15.0. The Morgan fingerprint density at radius 3 is 2.50 bits per heavy atom. The molecule has 0 saturated carbocycles. The van der Waals surface area contributed by atoms with Crippen LogP contribution in [0.5, 0.6) is 5.75 Å². The van der Waals surface area contributed by atoms with E-state index in [1.165, 1.54) is 14.0 Å². The van der Waals surface area contributed by atoms with Gasteiger partial charge in [0.25, 0.3) is 6.43 Å². The van der Waals surface area contributed by atoms with Gasteiger partial charge in [-0.2, -0.15) is 0 Å². The number of carbonyl (C=O) groups is 1. The van der Waals surface area contributed by atoms with Crippen molar-refractivity contribution < 1.29 is 23.0 Å². The number of esters is 1. The van der Waals surface area contributed by atoms with Gasteiger partial charge in [0.1, 0.15) is 11.4 Å². The highest BCUT2D eigenvalue weighted by Gasteiger charge is 2.21. The van der Waals surface area contributed by atoms with E-state index in [0.717, 1.165) is 13.2 Å². The first-order chi connectivity index (χ1) is 7.51. The molecular weight excluding hydrogens is 220 g/mol. The van der Waals surface area contributed by atoms with Crippen molar-refractivity contribution in [3.8, 4) is 5.75 Å². The van der Waals surface area contributed by atoms with Gasteiger partial charge in [0, 0.05) is 0 Å². The number of alkyl halides is 2. The first kappa shape index (κ1) is 12.4. The fourth-order valence-corrected chi connectivity index (χ4v) is 1.32. The summed E-state index contributed by atoms with van der Waals surface area (Å²) in [5.41, 5.74) is -0.299. The second-order valence-electron chi connectivity index (χ2n) is 3.01. The third kappa shape index (κ3) is 2.26. The van der Waals surface area contributed by atoms with Gasteiger partial charge < -0.3 is 9.47 Å². The molecule has 0 aliphatic heterocycles. The Balaban J connectivity index is 3.33. The Kier molecular flexibility index (Phi) is 3.76. The molecule has 0 aliphatic rings. The molecule has 0 spiro atoms. The number of halogens is 2. The minimum absolute atomic E-state index is 0.0114. The first-order valence-corrected chi connectivity index (χ1v) is 4.43. The Morgan fingerprint density at radius 2 is 2.06 bits per heavy atom. The topological polar surface area (TPSA) is 48.4 Å². The van der Waals surface area contributed by atoms with Gasteiger partial charge in [-0.05, 0) is 13.0 Å². The van der Waals surface area contributed by atoms with E-state index in [9.17, 15) is 13.6 Å². The van der Waals surface area contributed by atoms with Crippen LogP contribution >= 0.6 is 0 Å². The maximum atomic E-state index is 12.7. The molecule has 16 heavy (non-hydrogen) atoms. The fraction of sp³-hybridized carbons (Fsp3) is 0.400. The summed E-state index contributed by atoms with van der Waals surface area (Å²) in [6.07, 6.45) is -2.74. The largest absolute Gasteiger partial charge is 0.494 e. The van der Waals surface area contributed by atoms with Gasteiger partial charge in [0.15, 0.2) is 0 Å². The number of carbonyl (C=O) groups excluding carboxylic acids is 1. The second-order valence-corrected chi connectivity index (χ2v) is 3.01. The summed E-state index contributed by atoms with van der Waals surface area (Å²) >= 11 is 0. The van der Waals surface area contributed by atoms with Gasteiger partial charge in [-0.25, -0.2) is 18.6 Å². The zero-order valence-corrected chi connectivity index (χ0v) is 9.08. The van der Waals surface area contributed by atoms with E-state index in [1.807, 2.05) is 0 Å². The summed E-state index contributed by atoms with van der Waals surface area (Å²) in [7, 11) is 2.43. The lowest BCUT2D eigenvalue weighted by Gasteiger charge is -2.11. The molecule has 6 heteroatoms. The normalized spacial score (nSPS) is 10.4. The lowest BCUT2D eigenvalue weighted by atomic mass is 10.1. The molecule has 0 amide bonds. The molecule has 0 N–H and O–H groups in total. The zero-order valence-electron chi connectivity index (χ0n) is 9.08. The van der Waals surface area contributed by atoms with Crippen molar-refractivity contribution in [2.24, 2.45) is 0 Å². The van der Waals surface area contributed by atoms with E-state index in [0.29, 0.717) is 0 Å². The van der Waals surface area contributed by atoms with Crippen LogP contribution in [0.15, 0.2) is 6.07 Å². The molecule has 4 nitrogen and oxygen atoms in total. The molecule has 1 aromatic rings. The molecule has 0 saturated heterocycles. The van der Waals surface area contributed by atoms with Crippen molar-refractivity contribution in [2.45, 2.75) is 13.3 Å². The molecule has 0 aliphatic carbocycles. The Hall–Kier alpha value is -1.72. The monoisotopic (exact) mass is 231 g/mol. The van der Waals surface area contributed by atoms with Crippen LogP contribution < -0.4 is 4.74 Å². The maximum absolute atomic E-state index is 12.7. The average Bonchev–Trinajstić information content (AvgIpc) is 2.26. The van der Waals surface area contributed by atoms with Crippen LogP contribution in [-0.4, -0.2) is 25.2 Å². The number of hydrogen-bond donors (Lipinski definition) is 0. The number of aryl methyl sites for hydroxylation is 1. The molecular formula is C10H11F2NO3. The quantitative estimate of drug-likeness (QED) is 0.747. The number of hydrogen-bond acceptors (Lipinski definition) is 4. The predicted octanol–water partition coefficient (Wildman–Crippen LogP) is 2.12. The van der Waals surface area contributed by atoms with E-state index in [4.69, 9.17) is 4.74 Å². The van der Waals surface area contributed by atoms with Gasteiger partial charge in [-0.1, -0.05) is 0 Å². The lowest BCUT2D eigenvalue weighted by molar-refractivity contribution is 0.0593. The summed E-state index contributed by atoms with van der Waals surface area (Å²) in [6.45, 7) is 1.48. The van der Waals surface area contributed by atoms with Crippen molar-refractivity contribution in [1.29, 1.82) is 0 Å². The first-order valence-electron chi connectivity index (χ1n) is 4.43. The second kappa shape index (κ2) is 4.87. The van der Waals surface area contributed by atoms with E-state index in [1.54, 1.807) is 0 Å². The fourth-order valence-electron chi connectivity index (χ4n) is 1.32. The minimum atomic E-state index is -2.74. The van der Waals surface area contributed by atoms with Gasteiger partial charge in [-0.3, -0.25) is 0 Å². The third-order valence-electron chi connectivity index (χ3n) is 2.00. The Bertz CT molecular complexity index is 407. The minimum Gasteiger partial charge on any atom is -0.494 e. The highest BCUT2D eigenvalue weighted by atomic mass is 19.3. The molecule has 0 fully saturated rings. The van der Waals surface area contributed by atoms with Gasteiger partial charge >= 0.3 is 5.97 Å².